The van der Waals surface area contributed by atoms with Crippen molar-refractivity contribution in [2.24, 2.45) is 0 Å². The highest BCUT2D eigenvalue weighted by molar-refractivity contribution is 6.11. The fraction of sp³-hybridized carbons (Fsp3) is 0.0189. The SMILES string of the molecule is Cc1ccc(-c2cc3ccccc3cc2-n2c3ccccc3c3ccc(N(c4ccc(-c5ccccc5)cc4)c4ccccc4-c4ccccc4)cc32)cc1. The molecule has 0 bridgehead atoms. The number of rotatable bonds is 7. The second-order valence-electron chi connectivity index (χ2n) is 14.3. The molecule has 0 fully saturated rings. The highest BCUT2D eigenvalue weighted by Gasteiger charge is 2.21. The lowest BCUT2D eigenvalue weighted by Gasteiger charge is -2.28. The van der Waals surface area contributed by atoms with Crippen molar-refractivity contribution < 1.29 is 0 Å². The fourth-order valence-corrected chi connectivity index (χ4v) is 8.13. The molecule has 10 aromatic rings. The van der Waals surface area contributed by atoms with E-state index in [0.29, 0.717) is 0 Å². The first-order valence-corrected chi connectivity index (χ1v) is 18.9. The molecule has 2 heteroatoms. The molecule has 10 rings (SSSR count). The molecule has 260 valence electrons. The van der Waals surface area contributed by atoms with E-state index < -0.39 is 0 Å². The summed E-state index contributed by atoms with van der Waals surface area (Å²) in [6.07, 6.45) is 0. The maximum atomic E-state index is 2.48. The van der Waals surface area contributed by atoms with Crippen LogP contribution in [0.2, 0.25) is 0 Å². The lowest BCUT2D eigenvalue weighted by Crippen LogP contribution is -2.11. The van der Waals surface area contributed by atoms with Gasteiger partial charge >= 0.3 is 0 Å². The van der Waals surface area contributed by atoms with E-state index >= 15 is 0 Å². The molecule has 0 spiro atoms. The van der Waals surface area contributed by atoms with Crippen molar-refractivity contribution in [2.75, 3.05) is 4.90 Å². The van der Waals surface area contributed by atoms with Gasteiger partial charge in [0.25, 0.3) is 0 Å². The fourth-order valence-electron chi connectivity index (χ4n) is 8.13. The van der Waals surface area contributed by atoms with Crippen LogP contribution < -0.4 is 4.90 Å². The number of benzene rings is 9. The zero-order valence-electron chi connectivity index (χ0n) is 30.6. The Balaban J connectivity index is 1.24. The number of aromatic nitrogens is 1. The summed E-state index contributed by atoms with van der Waals surface area (Å²) in [7, 11) is 0. The number of fused-ring (bicyclic) bond motifs is 4. The smallest absolute Gasteiger partial charge is 0.0562 e. The van der Waals surface area contributed by atoms with Gasteiger partial charge in [-0.05, 0) is 88.5 Å². The molecule has 0 atom stereocenters. The summed E-state index contributed by atoms with van der Waals surface area (Å²) in [5, 5.41) is 4.90. The molecule has 0 aliphatic carbocycles. The van der Waals surface area contributed by atoms with Crippen molar-refractivity contribution >= 4 is 49.6 Å². The summed E-state index contributed by atoms with van der Waals surface area (Å²) in [6, 6.07) is 77.2. The first-order chi connectivity index (χ1) is 27.2. The van der Waals surface area contributed by atoms with Crippen molar-refractivity contribution in [3.63, 3.8) is 0 Å². The van der Waals surface area contributed by atoms with Gasteiger partial charge in [-0.2, -0.15) is 0 Å². The number of hydrogen-bond acceptors (Lipinski definition) is 1. The van der Waals surface area contributed by atoms with Crippen LogP contribution in [0.25, 0.3) is 71.6 Å². The Hall–Kier alpha value is -7.16. The molecule has 0 aliphatic rings. The molecular weight excluding hydrogens is 665 g/mol. The zero-order chi connectivity index (χ0) is 36.7. The molecular formula is C53H38N2. The summed E-state index contributed by atoms with van der Waals surface area (Å²) in [5.74, 6) is 0. The largest absolute Gasteiger partial charge is 0.310 e. The van der Waals surface area contributed by atoms with Crippen molar-refractivity contribution in [1.29, 1.82) is 0 Å². The predicted octanol–water partition coefficient (Wildman–Crippen LogP) is 14.7. The first-order valence-electron chi connectivity index (χ1n) is 18.9. The first kappa shape index (κ1) is 32.5. The topological polar surface area (TPSA) is 8.17 Å². The van der Waals surface area contributed by atoms with Crippen LogP contribution in [0.1, 0.15) is 5.56 Å². The molecule has 0 unspecified atom stereocenters. The highest BCUT2D eigenvalue weighted by atomic mass is 15.1. The molecule has 55 heavy (non-hydrogen) atoms. The van der Waals surface area contributed by atoms with Gasteiger partial charge in [0.05, 0.1) is 22.4 Å². The Morgan fingerprint density at radius 2 is 0.909 bits per heavy atom. The van der Waals surface area contributed by atoms with Crippen molar-refractivity contribution in [1.82, 2.24) is 4.57 Å². The summed E-state index contributed by atoms with van der Waals surface area (Å²) in [6.45, 7) is 2.15. The van der Waals surface area contributed by atoms with E-state index in [0.717, 1.165) is 28.3 Å². The lowest BCUT2D eigenvalue weighted by atomic mass is 9.98. The Labute approximate surface area is 321 Å². The van der Waals surface area contributed by atoms with Gasteiger partial charge in [0.2, 0.25) is 0 Å². The second-order valence-corrected chi connectivity index (χ2v) is 14.3. The third kappa shape index (κ3) is 5.85. The average molecular weight is 703 g/mol. The molecule has 0 amide bonds. The highest BCUT2D eigenvalue weighted by Crippen LogP contribution is 2.44. The van der Waals surface area contributed by atoms with Crippen LogP contribution >= 0.6 is 0 Å². The van der Waals surface area contributed by atoms with E-state index in [1.807, 2.05) is 0 Å². The van der Waals surface area contributed by atoms with Crippen LogP contribution in [0.3, 0.4) is 0 Å². The zero-order valence-corrected chi connectivity index (χ0v) is 30.6. The minimum atomic E-state index is 1.09. The Bertz CT molecular complexity index is 2960. The van der Waals surface area contributed by atoms with E-state index in [4.69, 9.17) is 0 Å². The molecule has 2 nitrogen and oxygen atoms in total. The standard InChI is InChI=1S/C53H38N2/c1-37-24-26-41(27-25-37)49-34-42-18-8-9-19-43(42)35-52(49)55-51-23-13-11-21-47(51)48-33-32-45(36-53(48)55)54(44-30-28-39(29-31-44)38-14-4-2-5-15-38)50-22-12-10-20-46(50)40-16-6-3-7-17-40/h2-36H,1H3. The molecule has 0 saturated heterocycles. The van der Waals surface area contributed by atoms with Crippen LogP contribution in [0.5, 0.6) is 0 Å². The van der Waals surface area contributed by atoms with Gasteiger partial charge < -0.3 is 9.47 Å². The number of hydrogen-bond donors (Lipinski definition) is 0. The minimum Gasteiger partial charge on any atom is -0.310 e. The van der Waals surface area contributed by atoms with Gasteiger partial charge in [0.15, 0.2) is 0 Å². The molecule has 0 N–H and O–H groups in total. The van der Waals surface area contributed by atoms with E-state index in [1.165, 1.54) is 66.0 Å². The van der Waals surface area contributed by atoms with Crippen molar-refractivity contribution in [3.8, 4) is 39.1 Å². The maximum absolute atomic E-state index is 2.48. The van der Waals surface area contributed by atoms with Crippen LogP contribution in [-0.4, -0.2) is 4.57 Å². The second kappa shape index (κ2) is 13.7. The van der Waals surface area contributed by atoms with Crippen molar-refractivity contribution in [3.05, 3.63) is 218 Å². The number of anilines is 3. The predicted molar refractivity (Wildman–Crippen MR) is 234 cm³/mol. The van der Waals surface area contributed by atoms with E-state index in [-0.39, 0.29) is 0 Å². The Morgan fingerprint density at radius 1 is 0.364 bits per heavy atom. The quantitative estimate of drug-likeness (QED) is 0.160. The molecule has 1 aromatic heterocycles. The molecule has 0 aliphatic heterocycles. The van der Waals surface area contributed by atoms with Crippen LogP contribution in [-0.2, 0) is 0 Å². The maximum Gasteiger partial charge on any atom is 0.0562 e. The van der Waals surface area contributed by atoms with E-state index in [9.17, 15) is 0 Å². The Morgan fingerprint density at radius 3 is 1.67 bits per heavy atom. The molecule has 0 radical (unpaired) electrons. The van der Waals surface area contributed by atoms with Crippen LogP contribution in [0.4, 0.5) is 17.1 Å². The molecule has 0 saturated carbocycles. The van der Waals surface area contributed by atoms with Gasteiger partial charge in [-0.3, -0.25) is 0 Å². The number of nitrogens with zero attached hydrogens (tertiary/aromatic N) is 2. The molecule has 1 heterocycles. The van der Waals surface area contributed by atoms with E-state index in [2.05, 4.69) is 229 Å². The van der Waals surface area contributed by atoms with Gasteiger partial charge in [-0.15, -0.1) is 0 Å². The van der Waals surface area contributed by atoms with Crippen LogP contribution in [0, 0.1) is 6.92 Å². The van der Waals surface area contributed by atoms with Crippen LogP contribution in [0.15, 0.2) is 212 Å². The monoisotopic (exact) mass is 702 g/mol. The lowest BCUT2D eigenvalue weighted by molar-refractivity contribution is 1.18. The van der Waals surface area contributed by atoms with Gasteiger partial charge in [-0.1, -0.05) is 169 Å². The van der Waals surface area contributed by atoms with Gasteiger partial charge in [0.1, 0.15) is 0 Å². The van der Waals surface area contributed by atoms with Gasteiger partial charge in [0, 0.05) is 33.3 Å². The summed E-state index contributed by atoms with van der Waals surface area (Å²) < 4.78 is 2.48. The van der Waals surface area contributed by atoms with Crippen molar-refractivity contribution in [2.45, 2.75) is 6.92 Å². The summed E-state index contributed by atoms with van der Waals surface area (Å²) in [4.78, 5) is 2.42. The normalized spacial score (nSPS) is 11.4. The number of aryl methyl sites for hydroxylation is 1. The van der Waals surface area contributed by atoms with E-state index in [1.54, 1.807) is 0 Å². The summed E-state index contributed by atoms with van der Waals surface area (Å²) >= 11 is 0. The third-order valence-electron chi connectivity index (χ3n) is 10.8. The average Bonchev–Trinajstić information content (AvgIpc) is 3.58. The minimum absolute atomic E-state index is 1.09. The summed E-state index contributed by atoms with van der Waals surface area (Å²) in [5.41, 5.74) is 15.2. The third-order valence-corrected chi connectivity index (χ3v) is 10.8. The van der Waals surface area contributed by atoms with Gasteiger partial charge in [-0.25, -0.2) is 0 Å². The molecule has 9 aromatic carbocycles. The Kier molecular flexibility index (Phi) is 8.08. The number of para-hydroxylation sites is 2.